The van der Waals surface area contributed by atoms with Gasteiger partial charge in [0.25, 0.3) is 5.91 Å². The van der Waals surface area contributed by atoms with Crippen LogP contribution in [0.25, 0.3) is 0 Å². The molecule has 2 amide bonds. The molecule has 2 heterocycles. The lowest BCUT2D eigenvalue weighted by Gasteiger charge is -2.42. The number of carbonyl (C=O) groups excluding carboxylic acids is 3. The zero-order valence-corrected chi connectivity index (χ0v) is 17.4. The second kappa shape index (κ2) is 8.77. The maximum atomic E-state index is 14.6. The fourth-order valence-corrected chi connectivity index (χ4v) is 3.24. The number of ether oxygens (including phenoxy) is 1. The van der Waals surface area contributed by atoms with E-state index in [4.69, 9.17) is 39.5 Å². The molecule has 1 N–H and O–H groups in total. The molecule has 1 aromatic heterocycles. The third-order valence-corrected chi connectivity index (χ3v) is 4.74. The summed E-state index contributed by atoms with van der Waals surface area (Å²) in [5.74, 6) is -2.25. The van der Waals surface area contributed by atoms with Crippen molar-refractivity contribution in [1.29, 1.82) is 0 Å². The van der Waals surface area contributed by atoms with Crippen LogP contribution < -0.4 is 5.32 Å². The van der Waals surface area contributed by atoms with Gasteiger partial charge in [0.05, 0.1) is 6.42 Å². The Bertz CT molecular complexity index is 760. The maximum Gasteiger partial charge on any atom is 0.355 e. The van der Waals surface area contributed by atoms with Gasteiger partial charge >= 0.3 is 5.97 Å². The highest BCUT2D eigenvalue weighted by Gasteiger charge is 2.52. The van der Waals surface area contributed by atoms with Crippen molar-refractivity contribution in [3.63, 3.8) is 0 Å². The van der Waals surface area contributed by atoms with E-state index < -0.39 is 40.5 Å². The fourth-order valence-electron chi connectivity index (χ4n) is 2.38. The van der Waals surface area contributed by atoms with E-state index in [2.05, 4.69) is 5.32 Å². The van der Waals surface area contributed by atoms with Crippen LogP contribution in [0.5, 0.6) is 0 Å². The van der Waals surface area contributed by atoms with Crippen LogP contribution in [0.3, 0.4) is 0 Å². The highest BCUT2D eigenvalue weighted by molar-refractivity contribution is 7.10. The molecule has 2 unspecified atom stereocenters. The number of thiophene rings is 1. The van der Waals surface area contributed by atoms with Crippen molar-refractivity contribution in [1.82, 2.24) is 10.2 Å². The van der Waals surface area contributed by atoms with E-state index in [9.17, 15) is 18.8 Å². The van der Waals surface area contributed by atoms with Gasteiger partial charge < -0.3 is 10.1 Å². The lowest BCUT2D eigenvalue weighted by atomic mass is 10.0. The molecule has 27 heavy (non-hydrogen) atoms. The van der Waals surface area contributed by atoms with Crippen LogP contribution in [-0.4, -0.2) is 45.4 Å². The number of hydrogen-bond acceptors (Lipinski definition) is 5. The Morgan fingerprint density at radius 3 is 2.52 bits per heavy atom. The topological polar surface area (TPSA) is 75.7 Å². The van der Waals surface area contributed by atoms with E-state index >= 15 is 0 Å². The number of likely N-dealkylation sites (tertiary alicyclic amines) is 1. The zero-order valence-electron chi connectivity index (χ0n) is 14.3. The average molecular weight is 458 g/mol. The van der Waals surface area contributed by atoms with Gasteiger partial charge in [-0.05, 0) is 30.9 Å². The quantitative estimate of drug-likeness (QED) is 0.234. The molecule has 1 aliphatic heterocycles. The Morgan fingerprint density at radius 1 is 1.37 bits per heavy atom. The third-order valence-electron chi connectivity index (χ3n) is 3.53. The first-order chi connectivity index (χ1) is 12.5. The molecule has 0 saturated carbocycles. The molecule has 148 valence electrons. The molecule has 0 bridgehead atoms. The maximum absolute atomic E-state index is 14.6. The molecule has 0 aromatic carbocycles. The monoisotopic (exact) mass is 456 g/mol. The number of hydrogen-bond donors (Lipinski definition) is 1. The van der Waals surface area contributed by atoms with Gasteiger partial charge in [0, 0.05) is 4.88 Å². The molecule has 2 rings (SSSR count). The molecule has 6 nitrogen and oxygen atoms in total. The van der Waals surface area contributed by atoms with Gasteiger partial charge in [0.1, 0.15) is 12.3 Å². The van der Waals surface area contributed by atoms with Crippen molar-refractivity contribution in [3.8, 4) is 0 Å². The molecular weight excluding hydrogens is 442 g/mol. The van der Waals surface area contributed by atoms with Crippen molar-refractivity contribution < 1.29 is 23.5 Å². The van der Waals surface area contributed by atoms with Crippen molar-refractivity contribution >= 4 is 63.9 Å². The van der Waals surface area contributed by atoms with Crippen LogP contribution >= 0.6 is 46.1 Å². The van der Waals surface area contributed by atoms with Gasteiger partial charge in [0.2, 0.25) is 16.0 Å². The summed E-state index contributed by atoms with van der Waals surface area (Å²) in [6, 6.07) is 2.17. The third kappa shape index (κ3) is 5.57. The number of nitrogens with zero attached hydrogens (tertiary/aromatic N) is 1. The number of nitrogens with one attached hydrogen (secondary N) is 1. The summed E-state index contributed by atoms with van der Waals surface area (Å²) in [6.07, 6.45) is -1.87. The predicted octanol–water partition coefficient (Wildman–Crippen LogP) is 3.12. The summed E-state index contributed by atoms with van der Waals surface area (Å²) < 4.78 is 17.5. The van der Waals surface area contributed by atoms with Crippen LogP contribution in [-0.2, 0) is 25.5 Å². The lowest BCUT2D eigenvalue weighted by Crippen LogP contribution is -2.69. The first-order valence-electron chi connectivity index (χ1n) is 7.71. The van der Waals surface area contributed by atoms with Gasteiger partial charge in [-0.15, -0.1) is 11.3 Å². The van der Waals surface area contributed by atoms with Crippen LogP contribution in [0.15, 0.2) is 28.8 Å². The van der Waals surface area contributed by atoms with Gasteiger partial charge in [-0.2, -0.15) is 0 Å². The average Bonchev–Trinajstić information content (AvgIpc) is 3.06. The highest BCUT2D eigenvalue weighted by Crippen LogP contribution is 2.31. The first kappa shape index (κ1) is 21.9. The molecular formula is C16H16Cl3FN2O4S. The number of β-lactam (4-membered cyclic amide) rings is 1. The standard InChI is InChI=1S/C16H16Cl3FN2O4S/c1-8(2)12(15(25)26-7-16(17,18)19)22-13(20)11(14(22)24)21-10(23)6-9-4-3-5-27-9/h3-5,11,13H,6-7H2,1-2H3,(H,21,23). The van der Waals surface area contributed by atoms with Crippen LogP contribution in [0.1, 0.15) is 18.7 Å². The molecule has 1 fully saturated rings. The minimum atomic E-state index is -1.91. The summed E-state index contributed by atoms with van der Waals surface area (Å²) in [4.78, 5) is 37.9. The van der Waals surface area contributed by atoms with Gasteiger partial charge in [-0.3, -0.25) is 14.5 Å². The van der Waals surface area contributed by atoms with Crippen molar-refractivity contribution in [2.75, 3.05) is 6.61 Å². The van der Waals surface area contributed by atoms with E-state index in [1.165, 1.54) is 25.2 Å². The molecule has 1 aromatic rings. The van der Waals surface area contributed by atoms with E-state index in [0.717, 1.165) is 4.88 Å². The Morgan fingerprint density at radius 2 is 2.04 bits per heavy atom. The SMILES string of the molecule is CC(C)=C(C(=O)OCC(Cl)(Cl)Cl)N1C(=O)C(NC(=O)Cc2cccs2)C1F. The number of esters is 1. The van der Waals surface area contributed by atoms with Crippen LogP contribution in [0, 0.1) is 0 Å². The minimum Gasteiger partial charge on any atom is -0.456 e. The van der Waals surface area contributed by atoms with Crippen LogP contribution in [0.2, 0.25) is 0 Å². The molecule has 1 aliphatic rings. The molecule has 11 heteroatoms. The second-order valence-corrected chi connectivity index (χ2v) is 9.47. The summed E-state index contributed by atoms with van der Waals surface area (Å²) in [7, 11) is 0. The Hall–Kier alpha value is -1.35. The highest BCUT2D eigenvalue weighted by atomic mass is 35.6. The Labute approximate surface area is 174 Å². The van der Waals surface area contributed by atoms with Gasteiger partial charge in [0.15, 0.2) is 6.04 Å². The van der Waals surface area contributed by atoms with Gasteiger partial charge in [-0.25, -0.2) is 9.18 Å². The zero-order chi connectivity index (χ0) is 20.4. The largest absolute Gasteiger partial charge is 0.456 e. The van der Waals surface area contributed by atoms with Crippen molar-refractivity contribution in [2.45, 2.75) is 36.4 Å². The molecule has 0 spiro atoms. The lowest BCUT2D eigenvalue weighted by molar-refractivity contribution is -0.164. The van der Waals surface area contributed by atoms with Gasteiger partial charge in [-0.1, -0.05) is 40.9 Å². The second-order valence-electron chi connectivity index (χ2n) is 5.92. The summed E-state index contributed by atoms with van der Waals surface area (Å²) in [5.41, 5.74) is 0.0502. The minimum absolute atomic E-state index is 0.0367. The first-order valence-corrected chi connectivity index (χ1v) is 9.73. The summed E-state index contributed by atoms with van der Waals surface area (Å²) >= 11 is 17.9. The van der Waals surface area contributed by atoms with E-state index in [1.807, 2.05) is 0 Å². The predicted molar refractivity (Wildman–Crippen MR) is 101 cm³/mol. The Kier molecular flexibility index (Phi) is 7.13. The number of carbonyl (C=O) groups is 3. The van der Waals surface area contributed by atoms with E-state index in [0.29, 0.717) is 10.5 Å². The molecule has 0 radical (unpaired) electrons. The number of amides is 2. The van der Waals surface area contributed by atoms with Crippen molar-refractivity contribution in [3.05, 3.63) is 33.7 Å². The number of halogens is 4. The summed E-state index contributed by atoms with van der Waals surface area (Å²) in [6.45, 7) is 2.45. The van der Waals surface area contributed by atoms with E-state index in [1.54, 1.807) is 17.5 Å². The van der Waals surface area contributed by atoms with E-state index in [-0.39, 0.29) is 12.1 Å². The number of rotatable bonds is 6. The Balaban J connectivity index is 2.02. The summed E-state index contributed by atoms with van der Waals surface area (Å²) in [5, 5.41) is 4.14. The fraction of sp³-hybridized carbons (Fsp3) is 0.438. The smallest absolute Gasteiger partial charge is 0.355 e. The van der Waals surface area contributed by atoms with Crippen molar-refractivity contribution in [2.24, 2.45) is 0 Å². The number of alkyl halides is 4. The number of allylic oxidation sites excluding steroid dienone is 1. The molecule has 2 atom stereocenters. The normalized spacial score (nSPS) is 19.3. The molecule has 0 aliphatic carbocycles. The van der Waals surface area contributed by atoms with Crippen LogP contribution in [0.4, 0.5) is 4.39 Å². The molecule has 1 saturated heterocycles.